The lowest BCUT2D eigenvalue weighted by atomic mass is 10.1. The molecule has 1 aromatic carbocycles. The fourth-order valence-corrected chi connectivity index (χ4v) is 1.78. The fourth-order valence-electron chi connectivity index (χ4n) is 1.78. The topological polar surface area (TPSA) is 85.8 Å². The van der Waals surface area contributed by atoms with Crippen LogP contribution < -0.4 is 10.6 Å². The molecule has 1 heterocycles. The smallest absolute Gasteiger partial charge is 0.316 e. The molecule has 0 fully saturated rings. The summed E-state index contributed by atoms with van der Waals surface area (Å²) in [5.74, 6) is 5.34. The quantitative estimate of drug-likeness (QED) is 0.517. The number of hydrogen-bond acceptors (Lipinski definition) is 6. The number of ether oxygens (including phenoxy) is 1. The molecule has 21 heavy (non-hydrogen) atoms. The molecule has 0 amide bonds. The zero-order chi connectivity index (χ0) is 15.1. The Kier molecular flexibility index (Phi) is 4.98. The second-order valence-electron chi connectivity index (χ2n) is 4.54. The van der Waals surface area contributed by atoms with Gasteiger partial charge >= 0.3 is 6.01 Å². The second-order valence-corrected chi connectivity index (χ2v) is 4.54. The summed E-state index contributed by atoms with van der Waals surface area (Å²) in [6.07, 6.45) is 4.79. The number of benzene rings is 1. The molecule has 0 bridgehead atoms. The molecule has 0 spiro atoms. The monoisotopic (exact) mass is 283 g/mol. The van der Waals surface area contributed by atoms with Crippen LogP contribution in [0.1, 0.15) is 11.1 Å². The van der Waals surface area contributed by atoms with Crippen LogP contribution in [0, 0.1) is 13.8 Å². The predicted molar refractivity (Wildman–Crippen MR) is 83.2 cm³/mol. The molecule has 0 saturated heterocycles. The summed E-state index contributed by atoms with van der Waals surface area (Å²) in [6, 6.07) is 8.05. The summed E-state index contributed by atoms with van der Waals surface area (Å²) in [7, 11) is 0. The first-order valence-corrected chi connectivity index (χ1v) is 6.46. The van der Waals surface area contributed by atoms with Gasteiger partial charge in [0.15, 0.2) is 0 Å². The van der Waals surface area contributed by atoms with Crippen molar-refractivity contribution in [1.29, 1.82) is 0 Å². The van der Waals surface area contributed by atoms with Gasteiger partial charge in [0.2, 0.25) is 0 Å². The first kappa shape index (κ1) is 14.6. The van der Waals surface area contributed by atoms with Gasteiger partial charge < -0.3 is 10.6 Å². The Bertz CT molecular complexity index is 632. The maximum absolute atomic E-state index is 5.37. The molecule has 2 aromatic rings. The maximum atomic E-state index is 5.37. The van der Waals surface area contributed by atoms with Crippen LogP contribution >= 0.6 is 0 Å². The van der Waals surface area contributed by atoms with Crippen LogP contribution in [-0.4, -0.2) is 28.5 Å². The van der Waals surface area contributed by atoms with Crippen molar-refractivity contribution in [3.05, 3.63) is 47.8 Å². The Hall–Kier alpha value is -2.76. The Morgan fingerprint density at radius 3 is 2.48 bits per heavy atom. The van der Waals surface area contributed by atoms with Crippen molar-refractivity contribution in [2.75, 3.05) is 6.61 Å². The molecule has 2 rings (SSSR count). The molecular formula is C15H17N5O. The van der Waals surface area contributed by atoms with Crippen molar-refractivity contribution >= 4 is 17.6 Å². The molecule has 0 unspecified atom stereocenters. The molecule has 1 aromatic heterocycles. The zero-order valence-electron chi connectivity index (χ0n) is 12.0. The Morgan fingerprint density at radius 2 is 1.86 bits per heavy atom. The van der Waals surface area contributed by atoms with Gasteiger partial charge in [-0.05, 0) is 43.2 Å². The van der Waals surface area contributed by atoms with E-state index in [-0.39, 0.29) is 12.6 Å². The molecule has 6 heteroatoms. The summed E-state index contributed by atoms with van der Waals surface area (Å²) in [5.41, 5.74) is 3.66. The molecular weight excluding hydrogens is 266 g/mol. The van der Waals surface area contributed by atoms with Gasteiger partial charge in [-0.2, -0.15) is 5.10 Å². The molecule has 6 nitrogen and oxygen atoms in total. The zero-order valence-corrected chi connectivity index (χ0v) is 12.0. The normalized spacial score (nSPS) is 11.8. The summed E-state index contributed by atoms with van der Waals surface area (Å²) < 4.78 is 5.37. The van der Waals surface area contributed by atoms with Crippen LogP contribution in [0.15, 0.2) is 46.8 Å². The highest BCUT2D eigenvalue weighted by molar-refractivity contribution is 6.31. The third-order valence-corrected chi connectivity index (χ3v) is 2.63. The lowest BCUT2D eigenvalue weighted by molar-refractivity contribution is 0.346. The number of hydrazone groups is 1. The van der Waals surface area contributed by atoms with Crippen LogP contribution in [0.4, 0.5) is 5.69 Å². The average Bonchev–Trinajstić information content (AvgIpc) is 2.47. The Labute approximate surface area is 123 Å². The maximum Gasteiger partial charge on any atom is 0.316 e. The highest BCUT2D eigenvalue weighted by Gasteiger charge is 2.00. The van der Waals surface area contributed by atoms with E-state index < -0.39 is 0 Å². The predicted octanol–water partition coefficient (Wildman–Crippen LogP) is 2.19. The molecule has 0 saturated carbocycles. The first-order chi connectivity index (χ1) is 10.2. The van der Waals surface area contributed by atoms with Gasteiger partial charge in [-0.15, -0.1) is 0 Å². The largest absolute Gasteiger partial charge is 0.457 e. The highest BCUT2D eigenvalue weighted by atomic mass is 16.5. The van der Waals surface area contributed by atoms with Gasteiger partial charge in [-0.3, -0.25) is 4.99 Å². The van der Waals surface area contributed by atoms with Gasteiger partial charge in [0.1, 0.15) is 12.3 Å². The number of nitrogens with two attached hydrogens (primary N) is 1. The fraction of sp³-hybridized carbons (Fsp3) is 0.200. The van der Waals surface area contributed by atoms with Crippen LogP contribution in [0.3, 0.4) is 0 Å². The van der Waals surface area contributed by atoms with E-state index in [4.69, 9.17) is 10.6 Å². The van der Waals surface area contributed by atoms with Crippen molar-refractivity contribution in [1.82, 2.24) is 9.97 Å². The van der Waals surface area contributed by atoms with E-state index in [2.05, 4.69) is 26.1 Å². The molecule has 0 radical (unpaired) electrons. The Balaban J connectivity index is 2.00. The SMILES string of the molecule is Cc1cc(C)cc(N=CC(COc2ncccn2)=NN)c1. The van der Waals surface area contributed by atoms with E-state index in [1.54, 1.807) is 24.7 Å². The van der Waals surface area contributed by atoms with Gasteiger partial charge in [-0.1, -0.05) is 6.07 Å². The van der Waals surface area contributed by atoms with Crippen molar-refractivity contribution in [3.63, 3.8) is 0 Å². The number of rotatable bonds is 5. The average molecular weight is 283 g/mol. The minimum Gasteiger partial charge on any atom is -0.457 e. The number of aromatic nitrogens is 2. The summed E-state index contributed by atoms with van der Waals surface area (Å²) in [4.78, 5) is 12.3. The molecule has 0 atom stereocenters. The number of nitrogens with zero attached hydrogens (tertiary/aromatic N) is 4. The van der Waals surface area contributed by atoms with Crippen molar-refractivity contribution in [2.45, 2.75) is 13.8 Å². The lowest BCUT2D eigenvalue weighted by Gasteiger charge is -2.03. The van der Waals surface area contributed by atoms with Crippen molar-refractivity contribution in [2.24, 2.45) is 15.9 Å². The van der Waals surface area contributed by atoms with Gasteiger partial charge in [0.05, 0.1) is 11.9 Å². The minimum atomic E-state index is 0.162. The molecule has 0 aliphatic heterocycles. The van der Waals surface area contributed by atoms with E-state index in [1.165, 1.54) is 0 Å². The number of aliphatic imine (C=N–C) groups is 1. The summed E-state index contributed by atoms with van der Waals surface area (Å²) in [5, 5.41) is 3.65. The third kappa shape index (κ3) is 4.68. The van der Waals surface area contributed by atoms with E-state index >= 15 is 0 Å². The third-order valence-electron chi connectivity index (χ3n) is 2.63. The van der Waals surface area contributed by atoms with Crippen molar-refractivity contribution < 1.29 is 4.74 Å². The molecule has 108 valence electrons. The minimum absolute atomic E-state index is 0.162. The first-order valence-electron chi connectivity index (χ1n) is 6.46. The lowest BCUT2D eigenvalue weighted by Crippen LogP contribution is -2.15. The number of aryl methyl sites for hydroxylation is 2. The standard InChI is InChI=1S/C15H17N5O/c1-11-6-12(2)8-13(7-11)19-9-14(20-16)10-21-15-17-4-3-5-18-15/h3-9H,10,16H2,1-2H3. The number of hydrogen-bond donors (Lipinski definition) is 1. The summed E-state index contributed by atoms with van der Waals surface area (Å²) >= 11 is 0. The van der Waals surface area contributed by atoms with Crippen LogP contribution in [-0.2, 0) is 0 Å². The van der Waals surface area contributed by atoms with Crippen molar-refractivity contribution in [3.8, 4) is 6.01 Å². The Morgan fingerprint density at radius 1 is 1.19 bits per heavy atom. The molecule has 2 N–H and O–H groups in total. The van der Waals surface area contributed by atoms with Gasteiger partial charge in [-0.25, -0.2) is 9.97 Å². The van der Waals surface area contributed by atoms with Crippen LogP contribution in [0.2, 0.25) is 0 Å². The van der Waals surface area contributed by atoms with Gasteiger partial charge in [0, 0.05) is 12.4 Å². The van der Waals surface area contributed by atoms with E-state index in [0.29, 0.717) is 5.71 Å². The van der Waals surface area contributed by atoms with Gasteiger partial charge in [0.25, 0.3) is 0 Å². The molecule has 0 aliphatic rings. The van der Waals surface area contributed by atoms with Crippen LogP contribution in [0.25, 0.3) is 0 Å². The highest BCUT2D eigenvalue weighted by Crippen LogP contribution is 2.16. The van der Waals surface area contributed by atoms with E-state index in [0.717, 1.165) is 16.8 Å². The summed E-state index contributed by atoms with van der Waals surface area (Å²) in [6.45, 7) is 4.22. The van der Waals surface area contributed by atoms with Crippen LogP contribution in [0.5, 0.6) is 6.01 Å². The second kappa shape index (κ2) is 7.14. The van der Waals surface area contributed by atoms with E-state index in [1.807, 2.05) is 26.0 Å². The molecule has 0 aliphatic carbocycles. The van der Waals surface area contributed by atoms with E-state index in [9.17, 15) is 0 Å².